The molecule has 1 spiro atoms. The molecule has 0 bridgehead atoms. The lowest BCUT2D eigenvalue weighted by Gasteiger charge is -2.39. The summed E-state index contributed by atoms with van der Waals surface area (Å²) in [5, 5.41) is 11.9. The Balaban J connectivity index is 1.71. The van der Waals surface area contributed by atoms with Gasteiger partial charge < -0.3 is 20.2 Å². The van der Waals surface area contributed by atoms with Crippen LogP contribution in [0.15, 0.2) is 12.4 Å². The highest BCUT2D eigenvalue weighted by molar-refractivity contribution is 5.95. The fraction of sp³-hybridized carbons (Fsp3) is 0.625. The highest BCUT2D eigenvalue weighted by Crippen LogP contribution is 2.40. The summed E-state index contributed by atoms with van der Waals surface area (Å²) in [6.45, 7) is 2.02. The van der Waals surface area contributed by atoms with Gasteiger partial charge in [0.2, 0.25) is 11.9 Å². The van der Waals surface area contributed by atoms with Gasteiger partial charge in [-0.25, -0.2) is 9.97 Å². The molecule has 0 radical (unpaired) electrons. The predicted molar refractivity (Wildman–Crippen MR) is 87.4 cm³/mol. The van der Waals surface area contributed by atoms with Crippen LogP contribution in [0, 0.1) is 5.41 Å². The molecule has 3 rings (SSSR count). The highest BCUT2D eigenvalue weighted by atomic mass is 16.3. The fourth-order valence-electron chi connectivity index (χ4n) is 3.66. The van der Waals surface area contributed by atoms with Crippen LogP contribution in [-0.4, -0.2) is 76.5 Å². The topological polar surface area (TPSA) is 98.7 Å². The molecule has 1 unspecified atom stereocenters. The van der Waals surface area contributed by atoms with Crippen molar-refractivity contribution in [1.29, 1.82) is 0 Å². The van der Waals surface area contributed by atoms with E-state index in [1.807, 2.05) is 0 Å². The van der Waals surface area contributed by atoms with Gasteiger partial charge in [0.05, 0.1) is 17.6 Å². The summed E-state index contributed by atoms with van der Waals surface area (Å²) < 4.78 is 0. The lowest BCUT2D eigenvalue weighted by atomic mass is 9.78. The average molecular weight is 333 g/mol. The second kappa shape index (κ2) is 6.72. The third kappa shape index (κ3) is 2.93. The molecule has 130 valence electrons. The Morgan fingerprint density at radius 2 is 2.08 bits per heavy atom. The summed E-state index contributed by atoms with van der Waals surface area (Å²) >= 11 is 0. The van der Waals surface area contributed by atoms with Crippen LogP contribution in [0.4, 0.5) is 5.95 Å². The van der Waals surface area contributed by atoms with Crippen molar-refractivity contribution in [1.82, 2.24) is 19.8 Å². The summed E-state index contributed by atoms with van der Waals surface area (Å²) in [6, 6.07) is 0. The van der Waals surface area contributed by atoms with E-state index >= 15 is 0 Å². The summed E-state index contributed by atoms with van der Waals surface area (Å²) in [4.78, 5) is 37.0. The number of carbonyl (C=O) groups is 2. The Morgan fingerprint density at radius 3 is 2.75 bits per heavy atom. The molecule has 0 aromatic carbocycles. The number of rotatable bonds is 4. The zero-order chi connectivity index (χ0) is 17.2. The third-order valence-corrected chi connectivity index (χ3v) is 4.96. The fourth-order valence-corrected chi connectivity index (χ4v) is 3.66. The third-order valence-electron chi connectivity index (χ3n) is 4.96. The first-order valence-corrected chi connectivity index (χ1v) is 8.29. The molecule has 1 aromatic rings. The maximum Gasteiger partial charge on any atom is 0.257 e. The van der Waals surface area contributed by atoms with Gasteiger partial charge in [-0.2, -0.15) is 0 Å². The van der Waals surface area contributed by atoms with Crippen LogP contribution in [0.2, 0.25) is 0 Å². The number of aromatic nitrogens is 2. The zero-order valence-electron chi connectivity index (χ0n) is 13.9. The molecule has 2 aliphatic heterocycles. The molecule has 3 heterocycles. The molecule has 2 aliphatic rings. The summed E-state index contributed by atoms with van der Waals surface area (Å²) in [5.74, 6) is 0.396. The van der Waals surface area contributed by atoms with E-state index in [4.69, 9.17) is 5.11 Å². The Labute approximate surface area is 140 Å². The molecule has 0 aliphatic carbocycles. The SMILES string of the molecule is CNc1ncc(C(=O)N2CCC3(CCCN(CCO)C3=O)C2)cn1. The normalized spacial score (nSPS) is 23.8. The maximum atomic E-state index is 12.8. The first-order chi connectivity index (χ1) is 11.6. The Bertz CT molecular complexity index is 619. The van der Waals surface area contributed by atoms with Crippen molar-refractivity contribution < 1.29 is 14.7 Å². The number of piperidine rings is 1. The second-order valence-electron chi connectivity index (χ2n) is 6.42. The molecule has 24 heavy (non-hydrogen) atoms. The highest BCUT2D eigenvalue weighted by Gasteiger charge is 2.49. The number of likely N-dealkylation sites (tertiary alicyclic amines) is 2. The van der Waals surface area contributed by atoms with Crippen molar-refractivity contribution in [2.45, 2.75) is 19.3 Å². The van der Waals surface area contributed by atoms with Crippen LogP contribution in [0.25, 0.3) is 0 Å². The van der Waals surface area contributed by atoms with E-state index in [1.165, 1.54) is 12.4 Å². The lowest BCUT2D eigenvalue weighted by Crippen LogP contribution is -2.51. The number of nitrogens with zero attached hydrogens (tertiary/aromatic N) is 4. The van der Waals surface area contributed by atoms with Crippen molar-refractivity contribution in [2.24, 2.45) is 5.41 Å². The van der Waals surface area contributed by atoms with E-state index in [2.05, 4.69) is 15.3 Å². The molecular weight excluding hydrogens is 310 g/mol. The minimum atomic E-state index is -0.491. The van der Waals surface area contributed by atoms with Gasteiger partial charge in [-0.1, -0.05) is 0 Å². The molecular formula is C16H23N5O3. The lowest BCUT2D eigenvalue weighted by molar-refractivity contribution is -0.146. The monoisotopic (exact) mass is 333 g/mol. The number of hydrogen-bond acceptors (Lipinski definition) is 6. The number of carbonyl (C=O) groups excluding carboxylic acids is 2. The minimum Gasteiger partial charge on any atom is -0.395 e. The van der Waals surface area contributed by atoms with Crippen molar-refractivity contribution in [3.05, 3.63) is 18.0 Å². The molecule has 1 aromatic heterocycles. The number of aliphatic hydroxyl groups excluding tert-OH is 1. The van der Waals surface area contributed by atoms with Gasteiger partial charge in [-0.3, -0.25) is 9.59 Å². The van der Waals surface area contributed by atoms with Crippen molar-refractivity contribution >= 4 is 17.8 Å². The van der Waals surface area contributed by atoms with Gasteiger partial charge in [0, 0.05) is 45.6 Å². The summed E-state index contributed by atoms with van der Waals surface area (Å²) in [7, 11) is 1.72. The van der Waals surface area contributed by atoms with Gasteiger partial charge in [0.25, 0.3) is 5.91 Å². The summed E-state index contributed by atoms with van der Waals surface area (Å²) in [6.07, 6.45) is 5.40. The van der Waals surface area contributed by atoms with Gasteiger partial charge in [-0.15, -0.1) is 0 Å². The molecule has 2 fully saturated rings. The number of aliphatic hydroxyl groups is 1. The molecule has 2 saturated heterocycles. The van der Waals surface area contributed by atoms with Crippen LogP contribution >= 0.6 is 0 Å². The van der Waals surface area contributed by atoms with Crippen LogP contribution in [-0.2, 0) is 4.79 Å². The molecule has 0 saturated carbocycles. The standard InChI is InChI=1S/C16H23N5O3/c1-17-15-18-9-12(10-19-15)13(23)21-6-4-16(11-21)3-2-5-20(7-8-22)14(16)24/h9-10,22H,2-8,11H2,1H3,(H,17,18,19). The zero-order valence-corrected chi connectivity index (χ0v) is 13.9. The van der Waals surface area contributed by atoms with E-state index in [1.54, 1.807) is 16.8 Å². The first-order valence-electron chi connectivity index (χ1n) is 8.29. The molecule has 8 heteroatoms. The summed E-state index contributed by atoms with van der Waals surface area (Å²) in [5.41, 5.74) is -0.0593. The van der Waals surface area contributed by atoms with Crippen LogP contribution in [0.1, 0.15) is 29.6 Å². The van der Waals surface area contributed by atoms with Crippen LogP contribution in [0.3, 0.4) is 0 Å². The maximum absolute atomic E-state index is 12.8. The number of amides is 2. The first kappa shape index (κ1) is 16.6. The molecule has 8 nitrogen and oxygen atoms in total. The van der Waals surface area contributed by atoms with Crippen molar-refractivity contribution in [3.8, 4) is 0 Å². The van der Waals surface area contributed by atoms with Gasteiger partial charge in [0.15, 0.2) is 0 Å². The number of β-amino-alcohol motifs (C(OH)–C–C–N with tert-alkyl or cyclic N) is 1. The number of nitrogens with one attached hydrogen (secondary N) is 1. The van der Waals surface area contributed by atoms with E-state index in [-0.39, 0.29) is 18.4 Å². The largest absolute Gasteiger partial charge is 0.395 e. The smallest absolute Gasteiger partial charge is 0.257 e. The minimum absolute atomic E-state index is 0.0282. The van der Waals surface area contributed by atoms with Gasteiger partial charge in [0.1, 0.15) is 0 Å². The van der Waals surface area contributed by atoms with Crippen LogP contribution < -0.4 is 5.32 Å². The van der Waals surface area contributed by atoms with E-state index in [0.717, 1.165) is 12.8 Å². The Morgan fingerprint density at radius 1 is 1.33 bits per heavy atom. The number of anilines is 1. The quantitative estimate of drug-likeness (QED) is 0.803. The molecule has 2 amide bonds. The van der Waals surface area contributed by atoms with E-state index < -0.39 is 5.41 Å². The van der Waals surface area contributed by atoms with Crippen LogP contribution in [0.5, 0.6) is 0 Å². The predicted octanol–water partition coefficient (Wildman–Crippen LogP) is -0.0347. The Hall–Kier alpha value is -2.22. The van der Waals surface area contributed by atoms with Gasteiger partial charge in [-0.05, 0) is 19.3 Å². The average Bonchev–Trinajstić information content (AvgIpc) is 3.04. The molecule has 1 atom stereocenters. The Kier molecular flexibility index (Phi) is 4.66. The van der Waals surface area contributed by atoms with Gasteiger partial charge >= 0.3 is 0 Å². The van der Waals surface area contributed by atoms with Crippen molar-refractivity contribution in [3.63, 3.8) is 0 Å². The van der Waals surface area contributed by atoms with E-state index in [0.29, 0.717) is 44.1 Å². The molecule has 2 N–H and O–H groups in total. The number of hydrogen-bond donors (Lipinski definition) is 2. The van der Waals surface area contributed by atoms with E-state index in [9.17, 15) is 9.59 Å². The van der Waals surface area contributed by atoms with Crippen molar-refractivity contribution in [2.75, 3.05) is 45.2 Å². The second-order valence-corrected chi connectivity index (χ2v) is 6.42.